The number of anilines is 1. The molecule has 4 rings (SSSR count). The van der Waals surface area contributed by atoms with Gasteiger partial charge in [-0.1, -0.05) is 58.8 Å². The first kappa shape index (κ1) is 17.9. The smallest absolute Gasteiger partial charge is 0.255 e. The summed E-state index contributed by atoms with van der Waals surface area (Å²) >= 11 is 6.10. The van der Waals surface area contributed by atoms with E-state index < -0.39 is 0 Å². The van der Waals surface area contributed by atoms with Crippen LogP contribution in [0, 0.1) is 6.92 Å². The lowest BCUT2D eigenvalue weighted by molar-refractivity contribution is 0.102. The van der Waals surface area contributed by atoms with Crippen LogP contribution in [0.4, 0.5) is 5.69 Å². The van der Waals surface area contributed by atoms with Crippen molar-refractivity contribution in [3.63, 3.8) is 0 Å². The molecule has 0 saturated carbocycles. The van der Waals surface area contributed by atoms with E-state index in [1.807, 2.05) is 43.3 Å². The Morgan fingerprint density at radius 1 is 0.964 bits per heavy atom. The summed E-state index contributed by atoms with van der Waals surface area (Å²) in [5.74, 6) is -0.225. The van der Waals surface area contributed by atoms with Gasteiger partial charge in [-0.3, -0.25) is 4.79 Å². The molecule has 5 nitrogen and oxygen atoms in total. The Morgan fingerprint density at radius 2 is 1.68 bits per heavy atom. The molecule has 4 aromatic rings. The van der Waals surface area contributed by atoms with Gasteiger partial charge in [0.05, 0.1) is 28.3 Å². The first-order valence-electron chi connectivity index (χ1n) is 8.76. The number of hydrogen-bond donors (Lipinski definition) is 1. The van der Waals surface area contributed by atoms with E-state index in [-0.39, 0.29) is 5.91 Å². The summed E-state index contributed by atoms with van der Waals surface area (Å²) < 4.78 is 1.75. The van der Waals surface area contributed by atoms with Gasteiger partial charge in [-0.05, 0) is 43.3 Å². The number of benzene rings is 3. The Morgan fingerprint density at radius 3 is 2.39 bits per heavy atom. The molecule has 0 aliphatic heterocycles. The van der Waals surface area contributed by atoms with Crippen LogP contribution in [-0.4, -0.2) is 20.9 Å². The van der Waals surface area contributed by atoms with E-state index in [1.165, 1.54) is 5.56 Å². The van der Waals surface area contributed by atoms with E-state index in [9.17, 15) is 4.79 Å². The van der Waals surface area contributed by atoms with E-state index in [0.717, 1.165) is 16.9 Å². The predicted molar refractivity (Wildman–Crippen MR) is 111 cm³/mol. The van der Waals surface area contributed by atoms with Crippen LogP contribution >= 0.6 is 11.6 Å². The molecule has 6 heteroatoms. The standard InChI is InChI=1S/C22H17ClN4O/c1-15-6-8-16(9-7-15)21-14-24-26-27(21)18-12-10-17(11-13-18)22(28)25-20-5-3-2-4-19(20)23/h2-14H,1H3,(H,25,28). The molecule has 0 unspecified atom stereocenters. The van der Waals surface area contributed by atoms with Crippen LogP contribution in [0.15, 0.2) is 79.0 Å². The van der Waals surface area contributed by atoms with Crippen molar-refractivity contribution in [1.82, 2.24) is 15.0 Å². The second-order valence-corrected chi connectivity index (χ2v) is 6.79. The zero-order valence-corrected chi connectivity index (χ0v) is 15.9. The van der Waals surface area contributed by atoms with Gasteiger partial charge in [-0.2, -0.15) is 0 Å². The summed E-state index contributed by atoms with van der Waals surface area (Å²) in [6.07, 6.45) is 1.72. The van der Waals surface area contributed by atoms with Crippen molar-refractivity contribution in [2.45, 2.75) is 6.92 Å². The van der Waals surface area contributed by atoms with Gasteiger partial charge in [0.15, 0.2) is 0 Å². The van der Waals surface area contributed by atoms with Gasteiger partial charge in [0.1, 0.15) is 0 Å². The Hall–Kier alpha value is -3.44. The lowest BCUT2D eigenvalue weighted by Crippen LogP contribution is -2.12. The molecule has 0 atom stereocenters. The molecule has 0 spiro atoms. The summed E-state index contributed by atoms with van der Waals surface area (Å²) in [6.45, 7) is 2.05. The highest BCUT2D eigenvalue weighted by Gasteiger charge is 2.11. The van der Waals surface area contributed by atoms with Crippen molar-refractivity contribution >= 4 is 23.2 Å². The fraction of sp³-hybridized carbons (Fsp3) is 0.0455. The molecule has 0 radical (unpaired) electrons. The summed E-state index contributed by atoms with van der Waals surface area (Å²) in [5, 5.41) is 11.5. The van der Waals surface area contributed by atoms with Crippen molar-refractivity contribution in [2.24, 2.45) is 0 Å². The molecule has 28 heavy (non-hydrogen) atoms. The van der Waals surface area contributed by atoms with Crippen LogP contribution in [0.1, 0.15) is 15.9 Å². The van der Waals surface area contributed by atoms with Crippen LogP contribution in [0.5, 0.6) is 0 Å². The van der Waals surface area contributed by atoms with E-state index in [0.29, 0.717) is 16.3 Å². The first-order valence-corrected chi connectivity index (χ1v) is 9.14. The first-order chi connectivity index (χ1) is 13.6. The molecule has 1 aromatic heterocycles. The Bertz CT molecular complexity index is 1120. The van der Waals surface area contributed by atoms with Gasteiger partial charge in [-0.25, -0.2) is 4.68 Å². The van der Waals surface area contributed by atoms with Crippen molar-refractivity contribution in [1.29, 1.82) is 0 Å². The highest BCUT2D eigenvalue weighted by atomic mass is 35.5. The number of aryl methyl sites for hydroxylation is 1. The molecular formula is C22H17ClN4O. The topological polar surface area (TPSA) is 59.8 Å². The minimum atomic E-state index is -0.225. The van der Waals surface area contributed by atoms with Gasteiger partial charge in [0.25, 0.3) is 5.91 Å². The molecule has 3 aromatic carbocycles. The lowest BCUT2D eigenvalue weighted by atomic mass is 10.1. The fourth-order valence-electron chi connectivity index (χ4n) is 2.86. The maximum atomic E-state index is 12.5. The van der Waals surface area contributed by atoms with Crippen molar-refractivity contribution in [2.75, 3.05) is 5.32 Å². The number of carbonyl (C=O) groups is 1. The number of carbonyl (C=O) groups excluding carboxylic acids is 1. The summed E-state index contributed by atoms with van der Waals surface area (Å²) in [4.78, 5) is 12.5. The number of aromatic nitrogens is 3. The SMILES string of the molecule is Cc1ccc(-c2cnnn2-c2ccc(C(=O)Nc3ccccc3Cl)cc2)cc1. The largest absolute Gasteiger partial charge is 0.321 e. The third-order valence-corrected chi connectivity index (χ3v) is 4.72. The third kappa shape index (κ3) is 3.66. The van der Waals surface area contributed by atoms with Gasteiger partial charge in [0, 0.05) is 11.1 Å². The molecule has 0 saturated heterocycles. The molecule has 0 aliphatic rings. The van der Waals surface area contributed by atoms with E-state index in [4.69, 9.17) is 11.6 Å². The molecule has 1 N–H and O–H groups in total. The molecule has 1 amide bonds. The van der Waals surface area contributed by atoms with E-state index in [2.05, 4.69) is 27.8 Å². The second kappa shape index (κ2) is 7.66. The van der Waals surface area contributed by atoms with Crippen LogP contribution in [0.3, 0.4) is 0 Å². The number of amides is 1. The van der Waals surface area contributed by atoms with E-state index >= 15 is 0 Å². The third-order valence-electron chi connectivity index (χ3n) is 4.39. The Labute approximate surface area is 167 Å². The number of halogens is 1. The van der Waals surface area contributed by atoms with Crippen molar-refractivity contribution in [3.8, 4) is 16.9 Å². The molecule has 1 heterocycles. The molecule has 0 bridgehead atoms. The second-order valence-electron chi connectivity index (χ2n) is 6.38. The highest BCUT2D eigenvalue weighted by molar-refractivity contribution is 6.33. The van der Waals surface area contributed by atoms with Crippen LogP contribution in [0.2, 0.25) is 5.02 Å². The van der Waals surface area contributed by atoms with Crippen molar-refractivity contribution in [3.05, 3.63) is 95.1 Å². The molecule has 0 fully saturated rings. The molecule has 138 valence electrons. The summed E-state index contributed by atoms with van der Waals surface area (Å²) in [7, 11) is 0. The lowest BCUT2D eigenvalue weighted by Gasteiger charge is -2.09. The fourth-order valence-corrected chi connectivity index (χ4v) is 3.04. The van der Waals surface area contributed by atoms with E-state index in [1.54, 1.807) is 35.1 Å². The molecular weight excluding hydrogens is 372 g/mol. The van der Waals surface area contributed by atoms with Crippen LogP contribution < -0.4 is 5.32 Å². The number of nitrogens with zero attached hydrogens (tertiary/aromatic N) is 3. The normalized spacial score (nSPS) is 10.6. The van der Waals surface area contributed by atoms with Gasteiger partial charge in [-0.15, -0.1) is 5.10 Å². The van der Waals surface area contributed by atoms with Crippen LogP contribution in [-0.2, 0) is 0 Å². The maximum Gasteiger partial charge on any atom is 0.255 e. The average molecular weight is 389 g/mol. The zero-order chi connectivity index (χ0) is 19.5. The minimum Gasteiger partial charge on any atom is -0.321 e. The van der Waals surface area contributed by atoms with Crippen molar-refractivity contribution < 1.29 is 4.79 Å². The van der Waals surface area contributed by atoms with Crippen LogP contribution in [0.25, 0.3) is 16.9 Å². The molecule has 0 aliphatic carbocycles. The Balaban J connectivity index is 1.58. The number of rotatable bonds is 4. The van der Waals surface area contributed by atoms with Gasteiger partial charge in [0.2, 0.25) is 0 Å². The van der Waals surface area contributed by atoms with Gasteiger partial charge >= 0.3 is 0 Å². The number of hydrogen-bond acceptors (Lipinski definition) is 3. The number of nitrogens with one attached hydrogen (secondary N) is 1. The summed E-state index contributed by atoms with van der Waals surface area (Å²) in [6, 6.07) is 22.5. The Kier molecular flexibility index (Phi) is 4.91. The van der Waals surface area contributed by atoms with Gasteiger partial charge < -0.3 is 5.32 Å². The average Bonchev–Trinajstić information content (AvgIpc) is 3.20. The summed E-state index contributed by atoms with van der Waals surface area (Å²) in [5.41, 5.74) is 5.03. The maximum absolute atomic E-state index is 12.5. The zero-order valence-electron chi connectivity index (χ0n) is 15.1. The monoisotopic (exact) mass is 388 g/mol. The quantitative estimate of drug-likeness (QED) is 0.526. The minimum absolute atomic E-state index is 0.225. The number of para-hydroxylation sites is 1. The highest BCUT2D eigenvalue weighted by Crippen LogP contribution is 2.23. The predicted octanol–water partition coefficient (Wildman–Crippen LogP) is 5.15.